The fourth-order valence-electron chi connectivity index (χ4n) is 2.50. The second kappa shape index (κ2) is 16.3. The third-order valence-electron chi connectivity index (χ3n) is 3.76. The topological polar surface area (TPSA) is 64.6 Å². The van der Waals surface area contributed by atoms with Crippen molar-refractivity contribution in [3.8, 4) is 0 Å². The van der Waals surface area contributed by atoms with Crippen molar-refractivity contribution < 1.29 is 18.9 Å². The smallest absolute Gasteiger partial charge is 0.193 e. The van der Waals surface area contributed by atoms with Crippen LogP contribution in [0.1, 0.15) is 19.3 Å². The summed E-state index contributed by atoms with van der Waals surface area (Å²) in [6, 6.07) is 0. The second-order valence-corrected chi connectivity index (χ2v) is 5.48. The van der Waals surface area contributed by atoms with Gasteiger partial charge in [-0.2, -0.15) is 0 Å². The molecule has 24 heavy (non-hydrogen) atoms. The molecule has 1 saturated heterocycles. The van der Waals surface area contributed by atoms with E-state index >= 15 is 0 Å². The van der Waals surface area contributed by atoms with Gasteiger partial charge in [-0.1, -0.05) is 0 Å². The van der Waals surface area contributed by atoms with Crippen LogP contribution in [0.25, 0.3) is 0 Å². The minimum absolute atomic E-state index is 0. The maximum atomic E-state index is 5.88. The SMILES string of the molecule is CN=C(NCCOCCOC)N1CCC(OCCCOC)CC1.I. The summed E-state index contributed by atoms with van der Waals surface area (Å²) < 4.78 is 21.3. The van der Waals surface area contributed by atoms with Gasteiger partial charge in [-0.3, -0.25) is 4.99 Å². The Labute approximate surface area is 163 Å². The Kier molecular flexibility index (Phi) is 16.2. The van der Waals surface area contributed by atoms with Gasteiger partial charge in [-0.25, -0.2) is 0 Å². The van der Waals surface area contributed by atoms with Gasteiger partial charge in [0.05, 0.1) is 25.9 Å². The van der Waals surface area contributed by atoms with Crippen LogP contribution in [-0.2, 0) is 18.9 Å². The quantitative estimate of drug-likeness (QED) is 0.218. The van der Waals surface area contributed by atoms with Crippen LogP contribution in [0.2, 0.25) is 0 Å². The minimum atomic E-state index is 0. The summed E-state index contributed by atoms with van der Waals surface area (Å²) in [6.45, 7) is 6.16. The average molecular weight is 459 g/mol. The summed E-state index contributed by atoms with van der Waals surface area (Å²) in [5, 5.41) is 3.34. The number of methoxy groups -OCH3 is 2. The van der Waals surface area contributed by atoms with E-state index in [0.29, 0.717) is 25.9 Å². The van der Waals surface area contributed by atoms with Crippen LogP contribution in [-0.4, -0.2) is 90.9 Å². The van der Waals surface area contributed by atoms with Gasteiger partial charge in [-0.15, -0.1) is 24.0 Å². The van der Waals surface area contributed by atoms with Gasteiger partial charge in [0.25, 0.3) is 0 Å². The Bertz CT molecular complexity index is 314. The van der Waals surface area contributed by atoms with Crippen molar-refractivity contribution in [3.63, 3.8) is 0 Å². The largest absolute Gasteiger partial charge is 0.385 e. The Balaban J connectivity index is 0.00000529. The number of hydrogen-bond acceptors (Lipinski definition) is 5. The van der Waals surface area contributed by atoms with Crippen molar-refractivity contribution in [2.45, 2.75) is 25.4 Å². The zero-order valence-electron chi connectivity index (χ0n) is 15.3. The molecule has 0 saturated carbocycles. The molecule has 1 fully saturated rings. The number of nitrogens with zero attached hydrogens (tertiary/aromatic N) is 2. The molecule has 0 unspecified atom stereocenters. The van der Waals surface area contributed by atoms with E-state index in [-0.39, 0.29) is 24.0 Å². The normalized spacial score (nSPS) is 16.1. The van der Waals surface area contributed by atoms with E-state index in [9.17, 15) is 0 Å². The van der Waals surface area contributed by atoms with E-state index in [4.69, 9.17) is 18.9 Å². The summed E-state index contributed by atoms with van der Waals surface area (Å²) in [4.78, 5) is 6.63. The fourth-order valence-corrected chi connectivity index (χ4v) is 2.50. The molecule has 0 aromatic rings. The standard InChI is InChI=1S/C16H33N3O4.HI/c1-17-16(18-7-12-22-14-13-21-3)19-8-5-15(6-9-19)23-11-4-10-20-2;/h15H,4-14H2,1-3H3,(H,17,18);1H. The number of piperidine rings is 1. The molecule has 7 nitrogen and oxygen atoms in total. The first kappa shape index (κ1) is 23.8. The van der Waals surface area contributed by atoms with Gasteiger partial charge in [0.15, 0.2) is 5.96 Å². The molecule has 0 amide bonds. The Morgan fingerprint density at radius 2 is 1.75 bits per heavy atom. The Hall–Kier alpha value is -0.160. The lowest BCUT2D eigenvalue weighted by atomic mass is 10.1. The molecule has 1 rings (SSSR count). The van der Waals surface area contributed by atoms with Gasteiger partial charge in [0.1, 0.15) is 0 Å². The fraction of sp³-hybridized carbons (Fsp3) is 0.938. The van der Waals surface area contributed by atoms with Crippen LogP contribution >= 0.6 is 24.0 Å². The number of guanidine groups is 1. The average Bonchev–Trinajstić information content (AvgIpc) is 2.59. The highest BCUT2D eigenvalue weighted by atomic mass is 127. The van der Waals surface area contributed by atoms with Crippen molar-refractivity contribution in [2.75, 3.05) is 73.9 Å². The van der Waals surface area contributed by atoms with E-state index in [2.05, 4.69) is 15.2 Å². The Morgan fingerprint density at radius 3 is 2.38 bits per heavy atom. The molecule has 0 aromatic carbocycles. The lowest BCUT2D eigenvalue weighted by Gasteiger charge is -2.34. The Morgan fingerprint density at radius 1 is 1.04 bits per heavy atom. The summed E-state index contributed by atoms with van der Waals surface area (Å²) in [5.41, 5.74) is 0. The molecule has 0 aromatic heterocycles. The van der Waals surface area contributed by atoms with Gasteiger partial charge >= 0.3 is 0 Å². The van der Waals surface area contributed by atoms with Crippen LogP contribution in [0, 0.1) is 0 Å². The zero-order chi connectivity index (χ0) is 16.8. The predicted molar refractivity (Wildman–Crippen MR) is 107 cm³/mol. The van der Waals surface area contributed by atoms with Crippen LogP contribution in [0.15, 0.2) is 4.99 Å². The van der Waals surface area contributed by atoms with Crippen LogP contribution < -0.4 is 5.32 Å². The molecule has 1 heterocycles. The van der Waals surface area contributed by atoms with E-state index in [0.717, 1.165) is 58.1 Å². The lowest BCUT2D eigenvalue weighted by molar-refractivity contribution is 0.00981. The summed E-state index contributed by atoms with van der Waals surface area (Å²) in [6.07, 6.45) is 3.40. The van der Waals surface area contributed by atoms with Crippen molar-refractivity contribution in [1.82, 2.24) is 10.2 Å². The highest BCUT2D eigenvalue weighted by molar-refractivity contribution is 14.0. The number of likely N-dealkylation sites (tertiary alicyclic amines) is 1. The highest BCUT2D eigenvalue weighted by Gasteiger charge is 2.21. The first-order chi connectivity index (χ1) is 11.3. The van der Waals surface area contributed by atoms with E-state index < -0.39 is 0 Å². The first-order valence-corrected chi connectivity index (χ1v) is 8.44. The molecule has 1 aliphatic heterocycles. The number of nitrogens with one attached hydrogen (secondary N) is 1. The van der Waals surface area contributed by atoms with Crippen molar-refractivity contribution in [2.24, 2.45) is 4.99 Å². The molecule has 0 aliphatic carbocycles. The number of rotatable bonds is 11. The first-order valence-electron chi connectivity index (χ1n) is 8.44. The molecule has 0 atom stereocenters. The summed E-state index contributed by atoms with van der Waals surface area (Å²) in [7, 11) is 5.22. The zero-order valence-corrected chi connectivity index (χ0v) is 17.6. The minimum Gasteiger partial charge on any atom is -0.385 e. The molecular formula is C16H34IN3O4. The molecule has 0 radical (unpaired) electrons. The van der Waals surface area contributed by atoms with Crippen LogP contribution in [0.3, 0.4) is 0 Å². The van der Waals surface area contributed by atoms with Gasteiger partial charge in [0.2, 0.25) is 0 Å². The van der Waals surface area contributed by atoms with E-state index in [1.54, 1.807) is 14.2 Å². The highest BCUT2D eigenvalue weighted by Crippen LogP contribution is 2.14. The number of halogens is 1. The molecule has 0 bridgehead atoms. The van der Waals surface area contributed by atoms with Crippen molar-refractivity contribution in [3.05, 3.63) is 0 Å². The lowest BCUT2D eigenvalue weighted by Crippen LogP contribution is -2.47. The molecule has 1 aliphatic rings. The maximum absolute atomic E-state index is 5.88. The van der Waals surface area contributed by atoms with E-state index in [1.807, 2.05) is 7.05 Å². The molecule has 144 valence electrons. The number of ether oxygens (including phenoxy) is 4. The van der Waals surface area contributed by atoms with Crippen LogP contribution in [0.5, 0.6) is 0 Å². The second-order valence-electron chi connectivity index (χ2n) is 5.48. The van der Waals surface area contributed by atoms with Crippen molar-refractivity contribution >= 4 is 29.9 Å². The molecular weight excluding hydrogens is 425 g/mol. The third-order valence-corrected chi connectivity index (χ3v) is 3.76. The number of hydrogen-bond donors (Lipinski definition) is 1. The summed E-state index contributed by atoms with van der Waals surface area (Å²) in [5.74, 6) is 0.943. The summed E-state index contributed by atoms with van der Waals surface area (Å²) >= 11 is 0. The molecule has 1 N–H and O–H groups in total. The number of aliphatic imine (C=N–C) groups is 1. The maximum Gasteiger partial charge on any atom is 0.193 e. The monoisotopic (exact) mass is 459 g/mol. The van der Waals surface area contributed by atoms with Crippen LogP contribution in [0.4, 0.5) is 0 Å². The van der Waals surface area contributed by atoms with Crippen molar-refractivity contribution in [1.29, 1.82) is 0 Å². The van der Waals surface area contributed by atoms with E-state index in [1.165, 1.54) is 0 Å². The molecule has 0 spiro atoms. The van der Waals surface area contributed by atoms with Gasteiger partial charge in [-0.05, 0) is 19.3 Å². The van der Waals surface area contributed by atoms with Gasteiger partial charge < -0.3 is 29.2 Å². The third kappa shape index (κ3) is 10.7. The predicted octanol–water partition coefficient (Wildman–Crippen LogP) is 1.36. The van der Waals surface area contributed by atoms with Gasteiger partial charge in [0, 0.05) is 54.1 Å². The molecule has 8 heteroatoms.